The zero-order chi connectivity index (χ0) is 17.7. The van der Waals surface area contributed by atoms with Crippen molar-refractivity contribution in [3.05, 3.63) is 30.1 Å². The topological polar surface area (TPSA) is 79.0 Å². The van der Waals surface area contributed by atoms with Gasteiger partial charge in [-0.05, 0) is 12.1 Å². The standard InChI is InChI=1S/C16H20FN3O4/c1-11(21)20-8-7-19(9-13(20)16(23)18-2)15(22)10-24-14-6-4-3-5-12(14)17/h3-6,13H,7-10H2,1-2H3,(H,18,23). The van der Waals surface area contributed by atoms with E-state index in [1.807, 2.05) is 0 Å². The summed E-state index contributed by atoms with van der Waals surface area (Å²) in [5.74, 6) is -1.47. The summed E-state index contributed by atoms with van der Waals surface area (Å²) in [6.07, 6.45) is 0. The van der Waals surface area contributed by atoms with E-state index >= 15 is 0 Å². The minimum absolute atomic E-state index is 0.00364. The first-order chi connectivity index (χ1) is 11.4. The van der Waals surface area contributed by atoms with Gasteiger partial charge >= 0.3 is 0 Å². The Labute approximate surface area is 139 Å². The van der Waals surface area contributed by atoms with Crippen LogP contribution in [0.25, 0.3) is 0 Å². The van der Waals surface area contributed by atoms with Crippen molar-refractivity contribution >= 4 is 17.7 Å². The van der Waals surface area contributed by atoms with Gasteiger partial charge in [0.05, 0.1) is 6.54 Å². The number of carbonyl (C=O) groups is 3. The molecule has 2 rings (SSSR count). The number of benzene rings is 1. The molecule has 1 heterocycles. The van der Waals surface area contributed by atoms with Gasteiger partial charge in [-0.3, -0.25) is 14.4 Å². The van der Waals surface area contributed by atoms with Gasteiger partial charge in [-0.15, -0.1) is 0 Å². The second-order valence-electron chi connectivity index (χ2n) is 5.40. The predicted octanol–water partition coefficient (Wildman–Crippen LogP) is 0.00980. The summed E-state index contributed by atoms with van der Waals surface area (Å²) >= 11 is 0. The van der Waals surface area contributed by atoms with Crippen LogP contribution in [0.4, 0.5) is 4.39 Å². The molecule has 0 aromatic heterocycles. The van der Waals surface area contributed by atoms with Gasteiger partial charge in [-0.2, -0.15) is 0 Å². The summed E-state index contributed by atoms with van der Waals surface area (Å²) < 4.78 is 18.7. The molecule has 3 amide bonds. The van der Waals surface area contributed by atoms with Gasteiger partial charge in [0.1, 0.15) is 6.04 Å². The number of carbonyl (C=O) groups excluding carboxylic acids is 3. The molecule has 1 N–H and O–H groups in total. The maximum atomic E-state index is 13.5. The molecule has 8 heteroatoms. The van der Waals surface area contributed by atoms with Gasteiger partial charge in [-0.25, -0.2) is 4.39 Å². The van der Waals surface area contributed by atoms with Crippen LogP contribution in [0.2, 0.25) is 0 Å². The number of hydrogen-bond acceptors (Lipinski definition) is 4. The van der Waals surface area contributed by atoms with E-state index in [0.29, 0.717) is 6.54 Å². The van der Waals surface area contributed by atoms with Crippen LogP contribution in [0.3, 0.4) is 0 Å². The summed E-state index contributed by atoms with van der Waals surface area (Å²) in [6, 6.07) is 5.07. The first kappa shape index (κ1) is 17.7. The molecule has 1 aromatic rings. The molecule has 0 saturated carbocycles. The molecule has 0 aliphatic carbocycles. The lowest BCUT2D eigenvalue weighted by atomic mass is 10.1. The minimum Gasteiger partial charge on any atom is -0.481 e. The van der Waals surface area contributed by atoms with E-state index in [4.69, 9.17) is 4.74 Å². The molecule has 130 valence electrons. The van der Waals surface area contributed by atoms with Gasteiger partial charge in [0.25, 0.3) is 5.91 Å². The minimum atomic E-state index is -0.737. The molecule has 1 aliphatic heterocycles. The molecule has 7 nitrogen and oxygen atoms in total. The van der Waals surface area contributed by atoms with Crippen LogP contribution in [0.1, 0.15) is 6.92 Å². The maximum absolute atomic E-state index is 13.5. The number of piperazine rings is 1. The van der Waals surface area contributed by atoms with Gasteiger partial charge < -0.3 is 19.9 Å². The lowest BCUT2D eigenvalue weighted by Crippen LogP contribution is -2.61. The Morgan fingerprint density at radius 2 is 2.00 bits per heavy atom. The third kappa shape index (κ3) is 4.01. The van der Waals surface area contributed by atoms with E-state index in [1.165, 1.54) is 42.0 Å². The highest BCUT2D eigenvalue weighted by Crippen LogP contribution is 2.16. The fraction of sp³-hybridized carbons (Fsp3) is 0.438. The Hall–Kier alpha value is -2.64. The van der Waals surface area contributed by atoms with Crippen LogP contribution < -0.4 is 10.1 Å². The smallest absolute Gasteiger partial charge is 0.260 e. The molecule has 1 atom stereocenters. The average Bonchev–Trinajstić information content (AvgIpc) is 2.59. The highest BCUT2D eigenvalue weighted by molar-refractivity contribution is 5.88. The van der Waals surface area contributed by atoms with Crippen LogP contribution in [0.15, 0.2) is 24.3 Å². The summed E-state index contributed by atoms with van der Waals surface area (Å²) in [5, 5.41) is 2.49. The van der Waals surface area contributed by atoms with Crippen molar-refractivity contribution in [2.45, 2.75) is 13.0 Å². The lowest BCUT2D eigenvalue weighted by Gasteiger charge is -2.39. The van der Waals surface area contributed by atoms with Crippen LogP contribution in [0.5, 0.6) is 5.75 Å². The number of nitrogens with zero attached hydrogens (tertiary/aromatic N) is 2. The Kier molecular flexibility index (Phi) is 5.73. The van der Waals surface area contributed by atoms with Crippen molar-refractivity contribution in [1.82, 2.24) is 15.1 Å². The molecule has 1 aliphatic rings. The van der Waals surface area contributed by atoms with Crippen molar-refractivity contribution in [3.63, 3.8) is 0 Å². The molecule has 0 spiro atoms. The molecule has 0 bridgehead atoms. The number of halogens is 1. The van der Waals surface area contributed by atoms with Crippen LogP contribution in [-0.2, 0) is 14.4 Å². The zero-order valence-electron chi connectivity index (χ0n) is 13.6. The van der Waals surface area contributed by atoms with Crippen molar-refractivity contribution < 1.29 is 23.5 Å². The fourth-order valence-electron chi connectivity index (χ4n) is 2.57. The van der Waals surface area contributed by atoms with Crippen LogP contribution in [0, 0.1) is 5.82 Å². The van der Waals surface area contributed by atoms with Gasteiger partial charge in [0.15, 0.2) is 18.2 Å². The molecule has 1 aromatic carbocycles. The van der Waals surface area contributed by atoms with Crippen LogP contribution in [-0.4, -0.2) is 66.9 Å². The maximum Gasteiger partial charge on any atom is 0.260 e. The van der Waals surface area contributed by atoms with Crippen molar-refractivity contribution in [2.24, 2.45) is 0 Å². The first-order valence-corrected chi connectivity index (χ1v) is 7.58. The molecule has 1 fully saturated rings. The quantitative estimate of drug-likeness (QED) is 0.839. The van der Waals surface area contributed by atoms with Crippen molar-refractivity contribution in [2.75, 3.05) is 33.3 Å². The number of nitrogens with one attached hydrogen (secondary N) is 1. The highest BCUT2D eigenvalue weighted by Gasteiger charge is 2.35. The number of ether oxygens (including phenoxy) is 1. The number of hydrogen-bond donors (Lipinski definition) is 1. The SMILES string of the molecule is CNC(=O)C1CN(C(=O)COc2ccccc2F)CCN1C(C)=O. The van der Waals surface area contributed by atoms with E-state index in [9.17, 15) is 18.8 Å². The monoisotopic (exact) mass is 337 g/mol. The van der Waals surface area contributed by atoms with Crippen LogP contribution >= 0.6 is 0 Å². The van der Waals surface area contributed by atoms with E-state index in [1.54, 1.807) is 6.07 Å². The van der Waals surface area contributed by atoms with E-state index in [0.717, 1.165) is 0 Å². The normalized spacial score (nSPS) is 17.4. The fourth-order valence-corrected chi connectivity index (χ4v) is 2.57. The molecule has 1 unspecified atom stereocenters. The summed E-state index contributed by atoms with van der Waals surface area (Å²) in [4.78, 5) is 38.7. The van der Waals surface area contributed by atoms with Crippen molar-refractivity contribution in [1.29, 1.82) is 0 Å². The number of amides is 3. The van der Waals surface area contributed by atoms with E-state index in [2.05, 4.69) is 5.32 Å². The predicted molar refractivity (Wildman–Crippen MR) is 83.7 cm³/mol. The second-order valence-corrected chi connectivity index (χ2v) is 5.40. The first-order valence-electron chi connectivity index (χ1n) is 7.58. The molecule has 1 saturated heterocycles. The Morgan fingerprint density at radius 3 is 2.62 bits per heavy atom. The third-order valence-corrected chi connectivity index (χ3v) is 3.87. The van der Waals surface area contributed by atoms with E-state index < -0.39 is 11.9 Å². The second kappa shape index (κ2) is 7.76. The Balaban J connectivity index is 1.99. The Bertz CT molecular complexity index is 638. The molecule has 0 radical (unpaired) electrons. The summed E-state index contributed by atoms with van der Waals surface area (Å²) in [5.41, 5.74) is 0. The lowest BCUT2D eigenvalue weighted by molar-refractivity contribution is -0.147. The molecular weight excluding hydrogens is 317 g/mol. The number of likely N-dealkylation sites (N-methyl/N-ethyl adjacent to an activating group) is 1. The van der Waals surface area contributed by atoms with Gasteiger partial charge in [-0.1, -0.05) is 12.1 Å². The number of rotatable bonds is 4. The van der Waals surface area contributed by atoms with Gasteiger partial charge in [0.2, 0.25) is 11.8 Å². The third-order valence-electron chi connectivity index (χ3n) is 3.87. The zero-order valence-corrected chi connectivity index (χ0v) is 13.6. The summed E-state index contributed by atoms with van der Waals surface area (Å²) in [7, 11) is 1.47. The largest absolute Gasteiger partial charge is 0.481 e. The average molecular weight is 337 g/mol. The highest BCUT2D eigenvalue weighted by atomic mass is 19.1. The molecule has 24 heavy (non-hydrogen) atoms. The van der Waals surface area contributed by atoms with E-state index in [-0.39, 0.29) is 43.2 Å². The number of para-hydroxylation sites is 1. The Morgan fingerprint density at radius 1 is 1.29 bits per heavy atom. The summed E-state index contributed by atoms with van der Waals surface area (Å²) in [6.45, 7) is 1.69. The van der Waals surface area contributed by atoms with Crippen molar-refractivity contribution in [3.8, 4) is 5.75 Å². The molecular formula is C16H20FN3O4. The van der Waals surface area contributed by atoms with Gasteiger partial charge in [0, 0.05) is 27.1 Å².